The van der Waals surface area contributed by atoms with Crippen LogP contribution in [0.5, 0.6) is 0 Å². The van der Waals surface area contributed by atoms with Crippen molar-refractivity contribution >= 4 is 17.4 Å². The summed E-state index contributed by atoms with van der Waals surface area (Å²) >= 11 is 0. The maximum absolute atomic E-state index is 11.4. The van der Waals surface area contributed by atoms with E-state index in [0.717, 1.165) is 6.42 Å². The smallest absolute Gasteiger partial charge is 0.333 e. The van der Waals surface area contributed by atoms with Gasteiger partial charge in [-0.05, 0) is 13.3 Å². The van der Waals surface area contributed by atoms with Gasteiger partial charge in [0.2, 0.25) is 11.7 Å². The first-order chi connectivity index (χ1) is 8.47. The number of anilines is 1. The highest BCUT2D eigenvalue weighted by Crippen LogP contribution is 2.26. The monoisotopic (exact) mass is 255 g/mol. The Balaban J connectivity index is 2.73. The van der Waals surface area contributed by atoms with Crippen LogP contribution in [0.2, 0.25) is 0 Å². The molecule has 0 aromatic carbocycles. The van der Waals surface area contributed by atoms with Crippen LogP contribution in [-0.2, 0) is 11.8 Å². The van der Waals surface area contributed by atoms with Gasteiger partial charge < -0.3 is 10.6 Å². The molecule has 18 heavy (non-hydrogen) atoms. The largest absolute Gasteiger partial charge is 0.355 e. The first kappa shape index (κ1) is 13.9. The number of carbonyl (C=O) groups is 1. The molecule has 0 spiro atoms. The van der Waals surface area contributed by atoms with E-state index < -0.39 is 4.92 Å². The Bertz CT molecular complexity index is 455. The van der Waals surface area contributed by atoms with E-state index in [4.69, 9.17) is 0 Å². The van der Waals surface area contributed by atoms with E-state index in [-0.39, 0.29) is 24.0 Å². The molecule has 0 fully saturated rings. The Morgan fingerprint density at radius 2 is 2.22 bits per heavy atom. The molecule has 0 aliphatic carbocycles. The van der Waals surface area contributed by atoms with Crippen molar-refractivity contribution in [2.24, 2.45) is 7.05 Å². The minimum Gasteiger partial charge on any atom is -0.355 e. The number of nitrogens with one attached hydrogen (secondary N) is 2. The summed E-state index contributed by atoms with van der Waals surface area (Å²) in [6.45, 7) is 4.08. The molecule has 0 saturated carbocycles. The highest BCUT2D eigenvalue weighted by atomic mass is 16.6. The Labute approximate surface area is 105 Å². The summed E-state index contributed by atoms with van der Waals surface area (Å²) < 4.78 is 1.36. The summed E-state index contributed by atoms with van der Waals surface area (Å²) in [5.74, 6) is 0.0362. The lowest BCUT2D eigenvalue weighted by Crippen LogP contribution is -2.30. The third-order valence-corrected chi connectivity index (χ3v) is 2.36. The van der Waals surface area contributed by atoms with Gasteiger partial charge in [0.05, 0.1) is 11.5 Å². The summed E-state index contributed by atoms with van der Waals surface area (Å²) in [5, 5.41) is 20.3. The van der Waals surface area contributed by atoms with E-state index in [0.29, 0.717) is 12.2 Å². The van der Waals surface area contributed by atoms with Crippen LogP contribution >= 0.6 is 0 Å². The van der Waals surface area contributed by atoms with E-state index in [9.17, 15) is 14.9 Å². The lowest BCUT2D eigenvalue weighted by atomic mass is 10.4. The molecule has 1 aromatic rings. The van der Waals surface area contributed by atoms with Gasteiger partial charge in [0.25, 0.3) is 0 Å². The molecule has 2 N–H and O–H groups in total. The van der Waals surface area contributed by atoms with E-state index >= 15 is 0 Å². The fraction of sp³-hybridized carbons (Fsp3) is 0.600. The van der Waals surface area contributed by atoms with E-state index in [2.05, 4.69) is 15.7 Å². The number of hydrogen-bond acceptors (Lipinski definition) is 5. The number of aromatic nitrogens is 2. The summed E-state index contributed by atoms with van der Waals surface area (Å²) in [4.78, 5) is 21.8. The second kappa shape index (κ2) is 5.99. The van der Waals surface area contributed by atoms with Crippen molar-refractivity contribution in [2.45, 2.75) is 20.3 Å². The Hall–Kier alpha value is -2.12. The summed E-state index contributed by atoms with van der Waals surface area (Å²) in [6.07, 6.45) is 0.844. The fourth-order valence-corrected chi connectivity index (χ4v) is 1.55. The van der Waals surface area contributed by atoms with Gasteiger partial charge in [0.15, 0.2) is 0 Å². The molecule has 0 radical (unpaired) electrons. The standard InChI is InChI=1S/C10H17N5O3/c1-4-5-11-8(16)6-12-10-9(15(17)18)7(2)13-14(10)3/h12H,4-6H2,1-3H3,(H,11,16). The van der Waals surface area contributed by atoms with E-state index in [1.165, 1.54) is 4.68 Å². The molecule has 1 aromatic heterocycles. The van der Waals surface area contributed by atoms with Crippen LogP contribution in [0.4, 0.5) is 11.5 Å². The van der Waals surface area contributed by atoms with Crippen LogP contribution < -0.4 is 10.6 Å². The Kier molecular flexibility index (Phi) is 4.64. The number of nitrogens with zero attached hydrogens (tertiary/aromatic N) is 3. The van der Waals surface area contributed by atoms with Crippen molar-refractivity contribution in [1.29, 1.82) is 0 Å². The molecule has 0 aliphatic rings. The molecule has 8 nitrogen and oxygen atoms in total. The van der Waals surface area contributed by atoms with Gasteiger partial charge in [-0.1, -0.05) is 6.92 Å². The van der Waals surface area contributed by atoms with Crippen molar-refractivity contribution in [3.8, 4) is 0 Å². The van der Waals surface area contributed by atoms with Crippen molar-refractivity contribution < 1.29 is 9.72 Å². The molecule has 0 unspecified atom stereocenters. The van der Waals surface area contributed by atoms with E-state index in [1.54, 1.807) is 14.0 Å². The van der Waals surface area contributed by atoms with Crippen molar-refractivity contribution in [3.63, 3.8) is 0 Å². The van der Waals surface area contributed by atoms with Gasteiger partial charge in [-0.2, -0.15) is 5.10 Å². The summed E-state index contributed by atoms with van der Waals surface area (Å²) in [7, 11) is 1.59. The van der Waals surface area contributed by atoms with Crippen LogP contribution in [0, 0.1) is 17.0 Å². The highest BCUT2D eigenvalue weighted by Gasteiger charge is 2.23. The van der Waals surface area contributed by atoms with Gasteiger partial charge in [-0.25, -0.2) is 4.68 Å². The zero-order valence-corrected chi connectivity index (χ0v) is 10.7. The first-order valence-electron chi connectivity index (χ1n) is 5.66. The minimum atomic E-state index is -0.505. The molecule has 0 aliphatic heterocycles. The zero-order valence-electron chi connectivity index (χ0n) is 10.7. The average Bonchev–Trinajstić information content (AvgIpc) is 2.58. The highest BCUT2D eigenvalue weighted by molar-refractivity contribution is 5.81. The van der Waals surface area contributed by atoms with Gasteiger partial charge in [0.1, 0.15) is 5.69 Å². The second-order valence-electron chi connectivity index (χ2n) is 3.87. The van der Waals surface area contributed by atoms with Gasteiger partial charge in [-0.15, -0.1) is 0 Å². The average molecular weight is 255 g/mol. The van der Waals surface area contributed by atoms with Crippen LogP contribution in [0.25, 0.3) is 0 Å². The normalized spacial score (nSPS) is 10.2. The molecule has 0 bridgehead atoms. The van der Waals surface area contributed by atoms with Gasteiger partial charge >= 0.3 is 5.69 Å². The third-order valence-electron chi connectivity index (χ3n) is 2.36. The molecule has 0 atom stereocenters. The Morgan fingerprint density at radius 1 is 1.56 bits per heavy atom. The molecule has 1 amide bonds. The SMILES string of the molecule is CCCNC(=O)CNc1c([N+](=O)[O-])c(C)nn1C. The molecular formula is C10H17N5O3. The fourth-order valence-electron chi connectivity index (χ4n) is 1.55. The predicted octanol–water partition coefficient (Wildman–Crippen LogP) is 0.575. The topological polar surface area (TPSA) is 102 Å². The third kappa shape index (κ3) is 3.19. The number of rotatable bonds is 6. The molecule has 1 rings (SSSR count). The van der Waals surface area contributed by atoms with Crippen LogP contribution in [-0.4, -0.2) is 33.7 Å². The van der Waals surface area contributed by atoms with Crippen LogP contribution in [0.3, 0.4) is 0 Å². The number of carbonyl (C=O) groups excluding carboxylic acids is 1. The summed E-state index contributed by atoms with van der Waals surface area (Å²) in [6, 6.07) is 0. The Morgan fingerprint density at radius 3 is 2.78 bits per heavy atom. The van der Waals surface area contributed by atoms with Crippen molar-refractivity contribution in [2.75, 3.05) is 18.4 Å². The maximum atomic E-state index is 11.4. The zero-order chi connectivity index (χ0) is 13.7. The second-order valence-corrected chi connectivity index (χ2v) is 3.87. The quantitative estimate of drug-likeness (QED) is 0.571. The summed E-state index contributed by atoms with van der Waals surface area (Å²) in [5.41, 5.74) is 0.222. The maximum Gasteiger partial charge on any atom is 0.333 e. The predicted molar refractivity (Wildman–Crippen MR) is 66.4 cm³/mol. The van der Waals surface area contributed by atoms with Crippen molar-refractivity contribution in [1.82, 2.24) is 15.1 Å². The van der Waals surface area contributed by atoms with Crippen molar-refractivity contribution in [3.05, 3.63) is 15.8 Å². The number of hydrogen-bond donors (Lipinski definition) is 2. The molecular weight excluding hydrogens is 238 g/mol. The lowest BCUT2D eigenvalue weighted by molar-refractivity contribution is -0.384. The van der Waals surface area contributed by atoms with Gasteiger partial charge in [-0.3, -0.25) is 14.9 Å². The number of nitro groups is 1. The minimum absolute atomic E-state index is 0.0141. The number of amides is 1. The van der Waals surface area contributed by atoms with E-state index in [1.807, 2.05) is 6.92 Å². The van der Waals surface area contributed by atoms with Crippen LogP contribution in [0.1, 0.15) is 19.0 Å². The molecule has 8 heteroatoms. The van der Waals surface area contributed by atoms with Crippen LogP contribution in [0.15, 0.2) is 0 Å². The lowest BCUT2D eigenvalue weighted by Gasteiger charge is -2.06. The number of aryl methyl sites for hydroxylation is 2. The van der Waals surface area contributed by atoms with Gasteiger partial charge in [0, 0.05) is 13.6 Å². The molecule has 100 valence electrons. The molecule has 1 heterocycles. The molecule has 0 saturated heterocycles. The first-order valence-corrected chi connectivity index (χ1v) is 5.66.